The molecule has 0 fully saturated rings. The van der Waals surface area contributed by atoms with E-state index >= 15 is 0 Å². The molecule has 0 aliphatic rings. The summed E-state index contributed by atoms with van der Waals surface area (Å²) in [6.45, 7) is 6.23. The van der Waals surface area contributed by atoms with Gasteiger partial charge in [0.1, 0.15) is 0 Å². The van der Waals surface area contributed by atoms with Crippen LogP contribution in [0.3, 0.4) is 0 Å². The van der Waals surface area contributed by atoms with Crippen LogP contribution >= 0.6 is 8.25 Å². The maximum absolute atomic E-state index is 11.1. The first kappa shape index (κ1) is 13.5. The van der Waals surface area contributed by atoms with Gasteiger partial charge in [-0.05, 0) is 0 Å². The molecule has 0 atom stereocenters. The summed E-state index contributed by atoms with van der Waals surface area (Å²) in [5.41, 5.74) is -0.406. The molecule has 0 heterocycles. The minimum absolute atomic E-state index is 0.335. The molecule has 0 aliphatic heterocycles. The number of hydrogen-bond donors (Lipinski definition) is 1. The van der Waals surface area contributed by atoms with Crippen LogP contribution in [0.1, 0.15) is 27.2 Å². The van der Waals surface area contributed by atoms with E-state index in [2.05, 4.69) is 5.32 Å². The number of carbonyl (C=O) groups is 1. The normalized spacial score (nSPS) is 10.5. The molecule has 0 aromatic rings. The predicted octanol–water partition coefficient (Wildman–Crippen LogP) is 2.56. The van der Waals surface area contributed by atoms with E-state index in [0.717, 1.165) is 10.4 Å². The van der Waals surface area contributed by atoms with Gasteiger partial charge in [-0.2, -0.15) is 0 Å². The molecule has 13 heavy (non-hydrogen) atoms. The molecule has 1 amide bonds. The van der Waals surface area contributed by atoms with Crippen molar-refractivity contribution in [3.05, 3.63) is 0 Å². The topological polar surface area (TPSA) is 38.3 Å². The molecule has 0 bridgehead atoms. The summed E-state index contributed by atoms with van der Waals surface area (Å²) >= 11 is -0.996. The molecule has 0 saturated carbocycles. The number of rotatable bonds is 4. The molecule has 3 nitrogen and oxygen atoms in total. The van der Waals surface area contributed by atoms with Gasteiger partial charge in [-0.15, -0.1) is 0 Å². The monoisotopic (exact) mass is 395 g/mol. The molecular weight excluding hydrogens is 378 g/mol. The third kappa shape index (κ3) is 10.4. The van der Waals surface area contributed by atoms with Gasteiger partial charge in [0.05, 0.1) is 0 Å². The molecule has 0 aromatic carbocycles. The second-order valence-electron chi connectivity index (χ2n) is 3.82. The van der Waals surface area contributed by atoms with Gasteiger partial charge in [0.25, 0.3) is 0 Å². The molecular formula is C8H16ClHgNO2. The van der Waals surface area contributed by atoms with Crippen molar-refractivity contribution in [1.82, 2.24) is 5.32 Å². The molecule has 5 heteroatoms. The molecule has 0 radical (unpaired) electrons. The van der Waals surface area contributed by atoms with Gasteiger partial charge < -0.3 is 0 Å². The Bertz CT molecular complexity index is 159. The van der Waals surface area contributed by atoms with E-state index in [0.29, 0.717) is 6.54 Å². The first-order chi connectivity index (χ1) is 5.95. The SMILES string of the molecule is CC(C)(C)OC(=O)NCC[CH2][Hg][Cl]. The van der Waals surface area contributed by atoms with E-state index < -0.39 is 28.9 Å². The van der Waals surface area contributed by atoms with E-state index in [9.17, 15) is 4.79 Å². The van der Waals surface area contributed by atoms with Crippen LogP contribution < -0.4 is 5.32 Å². The van der Waals surface area contributed by atoms with E-state index in [1.165, 1.54) is 0 Å². The Hall–Kier alpha value is 0.495. The third-order valence-corrected chi connectivity index (χ3v) is 6.56. The zero-order valence-corrected chi connectivity index (χ0v) is 14.8. The fourth-order valence-electron chi connectivity index (χ4n) is 0.724. The fourth-order valence-corrected chi connectivity index (χ4v) is 4.09. The first-order valence-electron chi connectivity index (χ1n) is 4.48. The quantitative estimate of drug-likeness (QED) is 0.588. The van der Waals surface area contributed by atoms with Gasteiger partial charge in [0.15, 0.2) is 0 Å². The molecule has 0 rings (SSSR count). The van der Waals surface area contributed by atoms with E-state index in [4.69, 9.17) is 13.0 Å². The molecule has 74 valence electrons. The average Bonchev–Trinajstić information content (AvgIpc) is 1.94. The number of alkyl carbamates (subject to hydrolysis) is 1. The number of hydrogen-bond acceptors (Lipinski definition) is 2. The number of ether oxygens (including phenoxy) is 1. The Morgan fingerprint density at radius 2 is 2.15 bits per heavy atom. The number of carbonyl (C=O) groups excluding carboxylic acids is 1. The van der Waals surface area contributed by atoms with Gasteiger partial charge in [0, 0.05) is 0 Å². The first-order valence-corrected chi connectivity index (χ1v) is 15.1. The molecule has 1 N–H and O–H groups in total. The van der Waals surface area contributed by atoms with Crippen molar-refractivity contribution in [2.45, 2.75) is 36.7 Å². The third-order valence-electron chi connectivity index (χ3n) is 1.23. The van der Waals surface area contributed by atoms with Gasteiger partial charge in [-0.25, -0.2) is 0 Å². The summed E-state index contributed by atoms with van der Waals surface area (Å²) in [5.74, 6) is 0. The molecule has 0 spiro atoms. The van der Waals surface area contributed by atoms with Gasteiger partial charge in [-0.1, -0.05) is 0 Å². The average molecular weight is 394 g/mol. The van der Waals surface area contributed by atoms with Crippen LogP contribution in [0, 0.1) is 0 Å². The second kappa shape index (κ2) is 6.88. The minimum atomic E-state index is -0.996. The fraction of sp³-hybridized carbons (Fsp3) is 0.875. The van der Waals surface area contributed by atoms with Crippen LogP contribution in [0.15, 0.2) is 0 Å². The Balaban J connectivity index is 3.41. The molecule has 0 saturated heterocycles. The predicted molar refractivity (Wildman–Crippen MR) is 49.5 cm³/mol. The van der Waals surface area contributed by atoms with Crippen LogP contribution in [0.4, 0.5) is 4.79 Å². The number of halogens is 1. The van der Waals surface area contributed by atoms with Gasteiger partial charge in [0.2, 0.25) is 0 Å². The van der Waals surface area contributed by atoms with Crippen molar-refractivity contribution in [2.75, 3.05) is 6.54 Å². The number of amides is 1. The van der Waals surface area contributed by atoms with Gasteiger partial charge >= 0.3 is 95.8 Å². The van der Waals surface area contributed by atoms with Crippen LogP contribution in [-0.2, 0) is 28.1 Å². The zero-order valence-electron chi connectivity index (χ0n) is 8.52. The van der Waals surface area contributed by atoms with Crippen LogP contribution in [0.5, 0.6) is 0 Å². The molecule has 0 aromatic heterocycles. The van der Waals surface area contributed by atoms with E-state index in [1.54, 1.807) is 0 Å². The summed E-state index contributed by atoms with van der Waals surface area (Å²) < 4.78 is 6.19. The van der Waals surface area contributed by atoms with Gasteiger partial charge in [-0.3, -0.25) is 0 Å². The van der Waals surface area contributed by atoms with Crippen molar-refractivity contribution in [2.24, 2.45) is 0 Å². The van der Waals surface area contributed by atoms with E-state index in [-0.39, 0.29) is 6.09 Å². The summed E-state index contributed by atoms with van der Waals surface area (Å²) in [6, 6.07) is 0. The Morgan fingerprint density at radius 3 is 2.62 bits per heavy atom. The second-order valence-corrected chi connectivity index (χ2v) is 11.4. The zero-order chi connectivity index (χ0) is 10.3. The molecule has 0 unspecified atom stereocenters. The van der Waals surface area contributed by atoms with Crippen LogP contribution in [0.25, 0.3) is 0 Å². The Morgan fingerprint density at radius 1 is 1.54 bits per heavy atom. The van der Waals surface area contributed by atoms with Crippen molar-refractivity contribution in [1.29, 1.82) is 0 Å². The molecule has 0 aliphatic carbocycles. The van der Waals surface area contributed by atoms with Crippen molar-refractivity contribution >= 4 is 14.3 Å². The summed E-state index contributed by atoms with van der Waals surface area (Å²) in [7, 11) is 5.70. The number of nitrogens with one attached hydrogen (secondary N) is 1. The Kier molecular flexibility index (Phi) is 7.14. The van der Waals surface area contributed by atoms with Crippen LogP contribution in [-0.4, -0.2) is 18.2 Å². The standard InChI is InChI=1S/C8H16NO2.ClH.Hg/c1-5-6-9-7(10)11-8(2,3)4;;/h1,5-6H2,2-4H3,(H,9,10);1H;/q;;+1/p-1. The maximum atomic E-state index is 11.1. The van der Waals surface area contributed by atoms with E-state index in [1.807, 2.05) is 20.8 Å². The van der Waals surface area contributed by atoms with Crippen LogP contribution in [0.2, 0.25) is 3.93 Å². The summed E-state index contributed by atoms with van der Waals surface area (Å²) in [5, 5.41) is 2.69. The van der Waals surface area contributed by atoms with Crippen molar-refractivity contribution in [3.63, 3.8) is 0 Å². The van der Waals surface area contributed by atoms with Crippen molar-refractivity contribution < 1.29 is 32.9 Å². The summed E-state index contributed by atoms with van der Waals surface area (Å²) in [4.78, 5) is 11.1. The summed E-state index contributed by atoms with van der Waals surface area (Å²) in [6.07, 6.45) is 0.656. The van der Waals surface area contributed by atoms with Crippen molar-refractivity contribution in [3.8, 4) is 0 Å². The Labute approximate surface area is 95.4 Å².